The van der Waals surface area contributed by atoms with Crippen LogP contribution in [0.15, 0.2) is 30.3 Å². The maximum atomic E-state index is 11.5. The number of carbonyl (C=O) groups excluding carboxylic acids is 1. The zero-order valence-electron chi connectivity index (χ0n) is 13.5. The summed E-state index contributed by atoms with van der Waals surface area (Å²) in [6.45, 7) is 7.43. The Morgan fingerprint density at radius 2 is 1.82 bits per heavy atom. The number of hydrogen-bond donors (Lipinski definition) is 2. The minimum absolute atomic E-state index is 0.104. The van der Waals surface area contributed by atoms with E-state index in [0.717, 1.165) is 29.9 Å². The first-order chi connectivity index (χ1) is 10.6. The molecule has 118 valence electrons. The lowest BCUT2D eigenvalue weighted by atomic mass is 10.1. The number of carbonyl (C=O) groups is 1. The Hall–Kier alpha value is -2.30. The highest BCUT2D eigenvalue weighted by atomic mass is 16.2. The van der Waals surface area contributed by atoms with Crippen molar-refractivity contribution in [3.05, 3.63) is 47.3 Å². The van der Waals surface area contributed by atoms with Crippen LogP contribution in [0.5, 0.6) is 0 Å². The first kappa shape index (κ1) is 16.1. The summed E-state index contributed by atoms with van der Waals surface area (Å²) in [4.78, 5) is 11.5. The minimum atomic E-state index is -0.104. The van der Waals surface area contributed by atoms with Crippen LogP contribution in [0, 0.1) is 13.8 Å². The normalized spacial score (nSPS) is 10.5. The molecule has 2 N–H and O–H groups in total. The molecule has 2 aromatic rings. The Kier molecular flexibility index (Phi) is 5.58. The van der Waals surface area contributed by atoms with Crippen LogP contribution in [-0.4, -0.2) is 28.9 Å². The van der Waals surface area contributed by atoms with E-state index in [1.807, 2.05) is 48.9 Å². The van der Waals surface area contributed by atoms with Crippen molar-refractivity contribution < 1.29 is 4.79 Å². The summed E-state index contributed by atoms with van der Waals surface area (Å²) in [5.74, 6) is 0. The van der Waals surface area contributed by atoms with Crippen LogP contribution in [0.1, 0.15) is 30.3 Å². The second-order valence-corrected chi connectivity index (χ2v) is 5.33. The highest BCUT2D eigenvalue weighted by Gasteiger charge is 2.12. The molecule has 0 bridgehead atoms. The molecule has 1 aromatic heterocycles. The van der Waals surface area contributed by atoms with Gasteiger partial charge in [0.25, 0.3) is 0 Å². The predicted molar refractivity (Wildman–Crippen MR) is 88.4 cm³/mol. The van der Waals surface area contributed by atoms with E-state index in [4.69, 9.17) is 0 Å². The number of aromatic nitrogens is 2. The van der Waals surface area contributed by atoms with Gasteiger partial charge >= 0.3 is 6.03 Å². The van der Waals surface area contributed by atoms with Gasteiger partial charge in [-0.2, -0.15) is 5.10 Å². The van der Waals surface area contributed by atoms with E-state index in [0.29, 0.717) is 13.1 Å². The quantitative estimate of drug-likeness (QED) is 0.862. The van der Waals surface area contributed by atoms with Crippen molar-refractivity contribution in [2.24, 2.45) is 0 Å². The number of benzene rings is 1. The molecule has 0 saturated carbocycles. The summed E-state index contributed by atoms with van der Waals surface area (Å²) in [5, 5.41) is 10.3. The van der Waals surface area contributed by atoms with Gasteiger partial charge in [-0.1, -0.05) is 25.1 Å². The van der Waals surface area contributed by atoms with E-state index in [-0.39, 0.29) is 6.03 Å². The Morgan fingerprint density at radius 1 is 1.14 bits per heavy atom. The van der Waals surface area contributed by atoms with Crippen molar-refractivity contribution in [2.75, 3.05) is 13.1 Å². The fourth-order valence-corrected chi connectivity index (χ4v) is 2.46. The van der Waals surface area contributed by atoms with Gasteiger partial charge in [0.15, 0.2) is 0 Å². The summed E-state index contributed by atoms with van der Waals surface area (Å²) in [5.41, 5.74) is 4.39. The first-order valence-electron chi connectivity index (χ1n) is 7.75. The number of hydrogen-bond acceptors (Lipinski definition) is 2. The number of nitrogens with zero attached hydrogens (tertiary/aromatic N) is 2. The maximum Gasteiger partial charge on any atom is 0.314 e. The van der Waals surface area contributed by atoms with Gasteiger partial charge in [-0.15, -0.1) is 0 Å². The summed E-state index contributed by atoms with van der Waals surface area (Å²) in [6, 6.07) is 9.98. The third-order valence-corrected chi connectivity index (χ3v) is 3.64. The van der Waals surface area contributed by atoms with Crippen LogP contribution >= 0.6 is 0 Å². The molecule has 0 radical (unpaired) electrons. The van der Waals surface area contributed by atoms with Crippen molar-refractivity contribution in [1.82, 2.24) is 20.4 Å². The van der Waals surface area contributed by atoms with E-state index in [9.17, 15) is 4.79 Å². The summed E-state index contributed by atoms with van der Waals surface area (Å²) in [6.07, 6.45) is 1.72. The number of rotatable bonds is 6. The van der Waals surface area contributed by atoms with E-state index < -0.39 is 0 Å². The Bertz CT molecular complexity index is 619. The monoisotopic (exact) mass is 300 g/mol. The molecule has 0 spiro atoms. The highest BCUT2D eigenvalue weighted by molar-refractivity contribution is 5.73. The lowest BCUT2D eigenvalue weighted by Gasteiger charge is -2.07. The van der Waals surface area contributed by atoms with Crippen LogP contribution in [0.3, 0.4) is 0 Å². The molecule has 1 aromatic carbocycles. The summed E-state index contributed by atoms with van der Waals surface area (Å²) >= 11 is 0. The number of nitrogens with one attached hydrogen (secondary N) is 2. The van der Waals surface area contributed by atoms with Crippen molar-refractivity contribution in [3.63, 3.8) is 0 Å². The van der Waals surface area contributed by atoms with E-state index >= 15 is 0 Å². The lowest BCUT2D eigenvalue weighted by Crippen LogP contribution is -2.37. The summed E-state index contributed by atoms with van der Waals surface area (Å²) in [7, 11) is 0. The Morgan fingerprint density at radius 3 is 2.50 bits per heavy atom. The fourth-order valence-electron chi connectivity index (χ4n) is 2.46. The first-order valence-corrected chi connectivity index (χ1v) is 7.75. The van der Waals surface area contributed by atoms with Crippen LogP contribution in [0.4, 0.5) is 4.79 Å². The molecule has 0 fully saturated rings. The average Bonchev–Trinajstić information content (AvgIpc) is 2.81. The van der Waals surface area contributed by atoms with Gasteiger partial charge in [0.1, 0.15) is 0 Å². The molecule has 0 aliphatic rings. The molecule has 0 aliphatic carbocycles. The third-order valence-electron chi connectivity index (χ3n) is 3.64. The summed E-state index contributed by atoms with van der Waals surface area (Å²) < 4.78 is 1.96. The highest BCUT2D eigenvalue weighted by Crippen LogP contribution is 2.17. The van der Waals surface area contributed by atoms with Crippen molar-refractivity contribution in [3.8, 4) is 5.69 Å². The number of urea groups is 1. The van der Waals surface area contributed by atoms with Gasteiger partial charge in [-0.25, -0.2) is 9.48 Å². The number of amides is 2. The lowest BCUT2D eigenvalue weighted by molar-refractivity contribution is 0.241. The molecular formula is C17H24N4O. The second-order valence-electron chi connectivity index (χ2n) is 5.33. The largest absolute Gasteiger partial charge is 0.338 e. The molecule has 0 saturated heterocycles. The van der Waals surface area contributed by atoms with Crippen LogP contribution in [0.25, 0.3) is 5.69 Å². The zero-order chi connectivity index (χ0) is 15.9. The SMILES string of the molecule is CCCNC(=O)NCCc1c(C)nn(-c2ccccc2)c1C. The fraction of sp³-hybridized carbons (Fsp3) is 0.412. The smallest absolute Gasteiger partial charge is 0.314 e. The number of para-hydroxylation sites is 1. The Balaban J connectivity index is 2.01. The van der Waals surface area contributed by atoms with Gasteiger partial charge in [0, 0.05) is 18.8 Å². The van der Waals surface area contributed by atoms with Crippen LogP contribution in [0.2, 0.25) is 0 Å². The van der Waals surface area contributed by atoms with Crippen LogP contribution < -0.4 is 10.6 Å². The van der Waals surface area contributed by atoms with E-state index in [1.54, 1.807) is 0 Å². The van der Waals surface area contributed by atoms with Gasteiger partial charge in [0.05, 0.1) is 11.4 Å². The van der Waals surface area contributed by atoms with Gasteiger partial charge in [-0.05, 0) is 44.4 Å². The molecule has 0 unspecified atom stereocenters. The van der Waals surface area contributed by atoms with E-state index in [1.165, 1.54) is 5.56 Å². The predicted octanol–water partition coefficient (Wildman–Crippen LogP) is 2.74. The minimum Gasteiger partial charge on any atom is -0.338 e. The van der Waals surface area contributed by atoms with Crippen molar-refractivity contribution in [2.45, 2.75) is 33.6 Å². The standard InChI is InChI=1S/C17H24N4O/c1-4-11-18-17(22)19-12-10-16-13(2)20-21(14(16)3)15-8-6-5-7-9-15/h5-9H,4,10-12H2,1-3H3,(H2,18,19,22). The zero-order valence-corrected chi connectivity index (χ0v) is 13.5. The molecule has 5 nitrogen and oxygen atoms in total. The van der Waals surface area contributed by atoms with Gasteiger partial charge in [0.2, 0.25) is 0 Å². The molecule has 2 amide bonds. The molecule has 22 heavy (non-hydrogen) atoms. The number of aryl methyl sites for hydroxylation is 1. The van der Waals surface area contributed by atoms with Gasteiger partial charge in [-0.3, -0.25) is 0 Å². The molecule has 0 atom stereocenters. The topological polar surface area (TPSA) is 59.0 Å². The van der Waals surface area contributed by atoms with Crippen molar-refractivity contribution >= 4 is 6.03 Å². The average molecular weight is 300 g/mol. The van der Waals surface area contributed by atoms with Gasteiger partial charge < -0.3 is 10.6 Å². The molecule has 2 rings (SSSR count). The van der Waals surface area contributed by atoms with Crippen molar-refractivity contribution in [1.29, 1.82) is 0 Å². The third kappa shape index (κ3) is 3.87. The van der Waals surface area contributed by atoms with E-state index in [2.05, 4.69) is 22.7 Å². The van der Waals surface area contributed by atoms with Crippen LogP contribution in [-0.2, 0) is 6.42 Å². The molecule has 0 aliphatic heterocycles. The molecule has 1 heterocycles. The maximum absolute atomic E-state index is 11.5. The Labute approximate surface area is 131 Å². The molecular weight excluding hydrogens is 276 g/mol. The second kappa shape index (κ2) is 7.64. The molecule has 5 heteroatoms.